The van der Waals surface area contributed by atoms with Crippen LogP contribution >= 0.6 is 0 Å². The normalized spacial score (nSPS) is 21.9. The van der Waals surface area contributed by atoms with Crippen molar-refractivity contribution in [3.63, 3.8) is 0 Å². The van der Waals surface area contributed by atoms with E-state index in [9.17, 15) is 9.59 Å². The molecule has 2 rings (SSSR count). The van der Waals surface area contributed by atoms with Gasteiger partial charge in [0.1, 0.15) is 37.1 Å². The second-order valence-corrected chi connectivity index (χ2v) is 12.1. The minimum Gasteiger partial charge on any atom is -0.464 e. The molecule has 0 bridgehead atoms. The third-order valence-corrected chi connectivity index (χ3v) is 7.95. The first kappa shape index (κ1) is 41.8. The molecule has 0 aliphatic carbocycles. The maximum absolute atomic E-state index is 16.7. The minimum absolute atomic E-state index is 0.0179. The highest BCUT2D eigenvalue weighted by atomic mass is 19.3. The molecular weight excluding hydrogens is 628 g/mol. The maximum Gasteiger partial charge on any atom is 0.408 e. The lowest BCUT2D eigenvalue weighted by molar-refractivity contribution is -0.306. The first-order chi connectivity index (χ1) is 23.2. The quantitative estimate of drug-likeness (QED) is 0.0858. The summed E-state index contributed by atoms with van der Waals surface area (Å²) in [6, 6.07) is 7.16. The Morgan fingerprint density at radius 3 is 1.94 bits per heavy atom. The molecular formula is C36H59F2NO9. The Morgan fingerprint density at radius 2 is 1.35 bits per heavy atom. The fourth-order valence-corrected chi connectivity index (χ4v) is 5.23. The van der Waals surface area contributed by atoms with Gasteiger partial charge >= 0.3 is 12.1 Å². The van der Waals surface area contributed by atoms with E-state index < -0.39 is 61.0 Å². The first-order valence-electron chi connectivity index (χ1n) is 17.8. The molecule has 0 saturated carbocycles. The zero-order chi connectivity index (χ0) is 35.2. The number of unbranched alkanes of at least 4 members (excludes halogenated alkanes) is 4. The number of halogens is 2. The van der Waals surface area contributed by atoms with Crippen molar-refractivity contribution in [1.82, 2.24) is 5.32 Å². The molecule has 1 fully saturated rings. The molecule has 1 N–H and O–H groups in total. The summed E-state index contributed by atoms with van der Waals surface area (Å²) in [5.41, 5.74) is 0.699. The number of carbonyl (C=O) groups excluding carboxylic acids is 2. The molecule has 0 radical (unpaired) electrons. The first-order valence-corrected chi connectivity index (χ1v) is 17.8. The van der Waals surface area contributed by atoms with Gasteiger partial charge in [-0.05, 0) is 38.2 Å². The molecule has 1 aromatic carbocycles. The van der Waals surface area contributed by atoms with Gasteiger partial charge in [0.05, 0.1) is 13.2 Å². The predicted octanol–water partition coefficient (Wildman–Crippen LogP) is 7.01. The Hall–Kier alpha value is -2.38. The third kappa shape index (κ3) is 14.6. The van der Waals surface area contributed by atoms with Crippen LogP contribution in [0.1, 0.15) is 98.0 Å². The summed E-state index contributed by atoms with van der Waals surface area (Å²) in [5, 5.41) is 2.30. The van der Waals surface area contributed by atoms with Crippen LogP contribution in [0, 0.1) is 0 Å². The molecule has 0 aromatic heterocycles. The Kier molecular flexibility index (Phi) is 20.8. The van der Waals surface area contributed by atoms with Gasteiger partial charge in [-0.25, -0.2) is 18.4 Å². The SMILES string of the molecule is CCCCOC[C@H]1O[C@H](C(F)(F)CC(NC(=O)OCc2ccccc2)C(=O)OCC)[C@H](OCCCC)[C@@H](OCCCC)[C@H]1OCCCC. The highest BCUT2D eigenvalue weighted by Crippen LogP contribution is 2.39. The van der Waals surface area contributed by atoms with Crippen molar-refractivity contribution in [2.45, 2.75) is 141 Å². The van der Waals surface area contributed by atoms with E-state index in [2.05, 4.69) is 5.32 Å². The van der Waals surface area contributed by atoms with E-state index in [1.807, 2.05) is 33.8 Å². The van der Waals surface area contributed by atoms with Gasteiger partial charge in [0.2, 0.25) is 0 Å². The van der Waals surface area contributed by atoms with Crippen molar-refractivity contribution in [3.8, 4) is 0 Å². The number of hydrogen-bond acceptors (Lipinski definition) is 9. The molecule has 48 heavy (non-hydrogen) atoms. The number of nitrogens with one attached hydrogen (secondary N) is 1. The number of benzene rings is 1. The number of rotatable bonds is 25. The van der Waals surface area contributed by atoms with Crippen molar-refractivity contribution >= 4 is 12.1 Å². The fraction of sp³-hybridized carbons (Fsp3) is 0.778. The molecule has 6 atom stereocenters. The Balaban J connectivity index is 2.42. The van der Waals surface area contributed by atoms with E-state index in [0.29, 0.717) is 31.8 Å². The molecule has 1 unspecified atom stereocenters. The second kappa shape index (κ2) is 23.9. The van der Waals surface area contributed by atoms with Crippen LogP contribution in [0.25, 0.3) is 0 Å². The summed E-state index contributed by atoms with van der Waals surface area (Å²) in [6.07, 6.45) is -1.33. The van der Waals surface area contributed by atoms with Crippen molar-refractivity contribution < 1.29 is 51.5 Å². The zero-order valence-electron chi connectivity index (χ0n) is 29.6. The summed E-state index contributed by atoms with van der Waals surface area (Å²) in [7, 11) is 0. The van der Waals surface area contributed by atoms with Crippen LogP contribution in [-0.4, -0.2) is 94.2 Å². The molecule has 12 heteroatoms. The molecule has 10 nitrogen and oxygen atoms in total. The number of alkyl halides is 2. The lowest BCUT2D eigenvalue weighted by atomic mass is 9.88. The van der Waals surface area contributed by atoms with Crippen molar-refractivity contribution in [2.24, 2.45) is 0 Å². The van der Waals surface area contributed by atoms with Gasteiger partial charge in [-0.3, -0.25) is 0 Å². The van der Waals surface area contributed by atoms with E-state index in [-0.39, 0.29) is 26.4 Å². The van der Waals surface area contributed by atoms with E-state index in [0.717, 1.165) is 44.9 Å². The topological polar surface area (TPSA) is 111 Å². The monoisotopic (exact) mass is 687 g/mol. The highest BCUT2D eigenvalue weighted by molar-refractivity contribution is 5.81. The smallest absolute Gasteiger partial charge is 0.408 e. The number of alkyl carbamates (subject to hydrolysis) is 1. The molecule has 1 aromatic rings. The van der Waals surface area contributed by atoms with E-state index >= 15 is 8.78 Å². The Bertz CT molecular complexity index is 1000. The van der Waals surface area contributed by atoms with E-state index in [1.165, 1.54) is 0 Å². The average molecular weight is 688 g/mol. The van der Waals surface area contributed by atoms with Gasteiger partial charge in [-0.1, -0.05) is 83.7 Å². The van der Waals surface area contributed by atoms with Gasteiger partial charge in [-0.15, -0.1) is 0 Å². The molecule has 1 aliphatic heterocycles. The molecule has 276 valence electrons. The van der Waals surface area contributed by atoms with Gasteiger partial charge < -0.3 is 38.5 Å². The summed E-state index contributed by atoms with van der Waals surface area (Å²) in [4.78, 5) is 25.7. The number of hydrogen-bond donors (Lipinski definition) is 1. The maximum atomic E-state index is 16.7. The third-order valence-electron chi connectivity index (χ3n) is 7.95. The van der Waals surface area contributed by atoms with Gasteiger partial charge in [0, 0.05) is 32.8 Å². The lowest BCUT2D eigenvalue weighted by Crippen LogP contribution is -2.66. The largest absolute Gasteiger partial charge is 0.464 e. The van der Waals surface area contributed by atoms with Crippen LogP contribution in [0.15, 0.2) is 30.3 Å². The van der Waals surface area contributed by atoms with E-state index in [4.69, 9.17) is 33.2 Å². The van der Waals surface area contributed by atoms with Crippen LogP contribution in [0.4, 0.5) is 13.6 Å². The van der Waals surface area contributed by atoms with Crippen LogP contribution in [0.3, 0.4) is 0 Å². The molecule has 1 aliphatic rings. The van der Waals surface area contributed by atoms with Gasteiger partial charge in [-0.2, -0.15) is 0 Å². The highest BCUT2D eigenvalue weighted by Gasteiger charge is 2.58. The molecule has 1 heterocycles. The van der Waals surface area contributed by atoms with Crippen molar-refractivity contribution in [2.75, 3.05) is 39.6 Å². The Morgan fingerprint density at radius 1 is 0.792 bits per heavy atom. The van der Waals surface area contributed by atoms with Gasteiger partial charge in [0.25, 0.3) is 5.92 Å². The standard InChI is InChI=1S/C36H59F2NO9/c1-6-11-20-42-26-29-30(44-21-12-7-2)31(45-22-13-8-3)32(46-23-14-9-4)33(48-29)36(37,38)24-28(34(40)43-10-5)39-35(41)47-25-27-18-16-15-17-19-27/h15-19,28-33H,6-14,20-26H2,1-5H3,(H,39,41)/t28?,29-,30+,31+,32-,33+/m1/s1. The number of esters is 1. The van der Waals surface area contributed by atoms with Crippen LogP contribution in [0.5, 0.6) is 0 Å². The fourth-order valence-electron chi connectivity index (χ4n) is 5.23. The molecule has 0 spiro atoms. The minimum atomic E-state index is -3.69. The summed E-state index contributed by atoms with van der Waals surface area (Å²) in [5.74, 6) is -4.70. The van der Waals surface area contributed by atoms with Crippen LogP contribution in [0.2, 0.25) is 0 Å². The van der Waals surface area contributed by atoms with Crippen molar-refractivity contribution in [1.29, 1.82) is 0 Å². The zero-order valence-corrected chi connectivity index (χ0v) is 29.6. The molecule has 1 saturated heterocycles. The summed E-state index contributed by atoms with van der Waals surface area (Å²) >= 11 is 0. The Labute approximate surface area is 285 Å². The summed E-state index contributed by atoms with van der Waals surface area (Å²) < 4.78 is 74.6. The number of ether oxygens (including phenoxy) is 7. The second-order valence-electron chi connectivity index (χ2n) is 12.1. The number of amides is 1. The summed E-state index contributed by atoms with van der Waals surface area (Å²) in [6.45, 7) is 10.9. The number of carbonyl (C=O) groups is 2. The van der Waals surface area contributed by atoms with Gasteiger partial charge in [0.15, 0.2) is 6.10 Å². The van der Waals surface area contributed by atoms with Crippen LogP contribution < -0.4 is 5.32 Å². The van der Waals surface area contributed by atoms with E-state index in [1.54, 1.807) is 31.2 Å². The lowest BCUT2D eigenvalue weighted by Gasteiger charge is -2.48. The average Bonchev–Trinajstić information content (AvgIpc) is 3.07. The predicted molar refractivity (Wildman–Crippen MR) is 178 cm³/mol. The molecule has 1 amide bonds. The van der Waals surface area contributed by atoms with Crippen LogP contribution in [-0.2, 0) is 44.6 Å². The van der Waals surface area contributed by atoms with Crippen molar-refractivity contribution in [3.05, 3.63) is 35.9 Å².